The fraction of sp³-hybridized carbons (Fsp3) is 0.800. The summed E-state index contributed by atoms with van der Waals surface area (Å²) in [5.74, 6) is 0. The minimum Gasteiger partial charge on any atom is -0.340 e. The maximum atomic E-state index is 10.1. The van der Waals surface area contributed by atoms with E-state index in [2.05, 4.69) is 5.32 Å². The molecular weight excluding hydrogens is 126 g/mol. The molecule has 0 spiro atoms. The monoisotopic (exact) mass is 133 g/mol. The molecule has 1 aliphatic rings. The van der Waals surface area contributed by atoms with Gasteiger partial charge in [0.05, 0.1) is 0 Å². The zero-order chi connectivity index (χ0) is 5.98. The Morgan fingerprint density at radius 1 is 1.62 bits per heavy atom. The molecule has 1 aliphatic carbocycles. The Bertz CT molecular complexity index is 101. The first-order valence-corrected chi connectivity index (χ1v) is 3.13. The minimum atomic E-state index is -0.422. The number of nitrogens with one attached hydrogen (secondary N) is 1. The van der Waals surface area contributed by atoms with E-state index in [4.69, 9.17) is 11.6 Å². The van der Waals surface area contributed by atoms with E-state index < -0.39 is 5.37 Å². The SMILES string of the molecule is O=C(Cl)NC1CCC1. The third-order valence-electron chi connectivity index (χ3n) is 1.42. The van der Waals surface area contributed by atoms with E-state index >= 15 is 0 Å². The van der Waals surface area contributed by atoms with Crippen molar-refractivity contribution >= 4 is 17.0 Å². The summed E-state index contributed by atoms with van der Waals surface area (Å²) < 4.78 is 0. The molecule has 1 rings (SSSR count). The first-order valence-electron chi connectivity index (χ1n) is 2.75. The van der Waals surface area contributed by atoms with Gasteiger partial charge in [0, 0.05) is 6.04 Å². The maximum absolute atomic E-state index is 10.1. The van der Waals surface area contributed by atoms with Crippen LogP contribution < -0.4 is 5.32 Å². The van der Waals surface area contributed by atoms with E-state index in [0.717, 1.165) is 12.8 Å². The van der Waals surface area contributed by atoms with Gasteiger partial charge in [0.25, 0.3) is 0 Å². The molecular formula is C5H8ClNO. The largest absolute Gasteiger partial charge is 0.340 e. The van der Waals surface area contributed by atoms with Crippen molar-refractivity contribution in [3.63, 3.8) is 0 Å². The van der Waals surface area contributed by atoms with Crippen molar-refractivity contribution < 1.29 is 4.79 Å². The van der Waals surface area contributed by atoms with Crippen molar-refractivity contribution in [2.45, 2.75) is 25.3 Å². The summed E-state index contributed by atoms with van der Waals surface area (Å²) in [7, 11) is 0. The van der Waals surface area contributed by atoms with Crippen molar-refractivity contribution in [3.8, 4) is 0 Å². The van der Waals surface area contributed by atoms with Crippen LogP contribution >= 0.6 is 11.6 Å². The molecule has 0 atom stereocenters. The number of halogens is 1. The second-order valence-corrected chi connectivity index (χ2v) is 2.39. The quantitative estimate of drug-likeness (QED) is 0.426. The molecule has 0 aromatic carbocycles. The standard InChI is InChI=1S/C5H8ClNO/c6-5(8)7-4-2-1-3-4/h4H,1-3H2,(H,7,8). The van der Waals surface area contributed by atoms with Crippen LogP contribution in [0.15, 0.2) is 0 Å². The number of hydrogen-bond acceptors (Lipinski definition) is 1. The smallest absolute Gasteiger partial charge is 0.314 e. The highest BCUT2D eigenvalue weighted by Crippen LogP contribution is 2.17. The van der Waals surface area contributed by atoms with Crippen LogP contribution in [0.4, 0.5) is 4.79 Å². The van der Waals surface area contributed by atoms with Gasteiger partial charge in [0.15, 0.2) is 0 Å². The molecule has 8 heavy (non-hydrogen) atoms. The Hall–Kier alpha value is -0.240. The van der Waals surface area contributed by atoms with E-state index in [9.17, 15) is 4.79 Å². The van der Waals surface area contributed by atoms with Crippen molar-refractivity contribution in [2.24, 2.45) is 0 Å². The zero-order valence-electron chi connectivity index (χ0n) is 4.48. The second kappa shape index (κ2) is 2.35. The van der Waals surface area contributed by atoms with Crippen LogP contribution in [0, 0.1) is 0 Å². The molecule has 0 saturated heterocycles. The summed E-state index contributed by atoms with van der Waals surface area (Å²) in [4.78, 5) is 10.1. The fourth-order valence-corrected chi connectivity index (χ4v) is 0.867. The maximum Gasteiger partial charge on any atom is 0.314 e. The van der Waals surface area contributed by atoms with E-state index in [1.165, 1.54) is 6.42 Å². The lowest BCUT2D eigenvalue weighted by atomic mass is 9.94. The Labute approximate surface area is 53.2 Å². The van der Waals surface area contributed by atoms with Gasteiger partial charge in [-0.25, -0.2) is 0 Å². The van der Waals surface area contributed by atoms with Crippen LogP contribution in [0.3, 0.4) is 0 Å². The Morgan fingerprint density at radius 2 is 2.25 bits per heavy atom. The number of hydrogen-bond donors (Lipinski definition) is 1. The Kier molecular flexibility index (Phi) is 1.73. The van der Waals surface area contributed by atoms with Crippen LogP contribution in [-0.4, -0.2) is 11.4 Å². The van der Waals surface area contributed by atoms with Gasteiger partial charge in [-0.15, -0.1) is 0 Å². The van der Waals surface area contributed by atoms with E-state index in [-0.39, 0.29) is 0 Å². The van der Waals surface area contributed by atoms with Crippen LogP contribution in [-0.2, 0) is 0 Å². The molecule has 2 nitrogen and oxygen atoms in total. The highest BCUT2D eigenvalue weighted by atomic mass is 35.5. The Morgan fingerprint density at radius 3 is 2.38 bits per heavy atom. The third-order valence-corrected chi connectivity index (χ3v) is 1.53. The number of carbonyl (C=O) groups excluding carboxylic acids is 1. The average molecular weight is 134 g/mol. The molecule has 1 fully saturated rings. The van der Waals surface area contributed by atoms with Crippen molar-refractivity contribution in [3.05, 3.63) is 0 Å². The molecule has 46 valence electrons. The molecule has 3 heteroatoms. The van der Waals surface area contributed by atoms with Gasteiger partial charge in [0.2, 0.25) is 0 Å². The summed E-state index contributed by atoms with van der Waals surface area (Å²) in [5.41, 5.74) is 0. The summed E-state index contributed by atoms with van der Waals surface area (Å²) in [5, 5.41) is 2.18. The molecule has 0 bridgehead atoms. The van der Waals surface area contributed by atoms with Crippen LogP contribution in [0.5, 0.6) is 0 Å². The number of amides is 1. The zero-order valence-corrected chi connectivity index (χ0v) is 5.24. The normalized spacial score (nSPS) is 19.6. The van der Waals surface area contributed by atoms with Crippen LogP contribution in [0.2, 0.25) is 0 Å². The second-order valence-electron chi connectivity index (χ2n) is 2.05. The third kappa shape index (κ3) is 1.37. The molecule has 0 aliphatic heterocycles. The summed E-state index contributed by atoms with van der Waals surface area (Å²) in [6, 6.07) is 0.375. The van der Waals surface area contributed by atoms with Gasteiger partial charge in [-0.05, 0) is 30.9 Å². The van der Waals surface area contributed by atoms with Crippen LogP contribution in [0.25, 0.3) is 0 Å². The predicted octanol–water partition coefficient (Wildman–Crippen LogP) is 1.49. The molecule has 0 aromatic rings. The first kappa shape index (κ1) is 5.89. The molecule has 0 unspecified atom stereocenters. The van der Waals surface area contributed by atoms with Gasteiger partial charge in [-0.2, -0.15) is 0 Å². The van der Waals surface area contributed by atoms with Gasteiger partial charge in [-0.3, -0.25) is 4.79 Å². The predicted molar refractivity (Wildman–Crippen MR) is 32.0 cm³/mol. The molecule has 0 radical (unpaired) electrons. The molecule has 0 aromatic heterocycles. The lowest BCUT2D eigenvalue weighted by molar-refractivity contribution is 0.248. The minimum absolute atomic E-state index is 0.375. The summed E-state index contributed by atoms with van der Waals surface area (Å²) >= 11 is 5.04. The van der Waals surface area contributed by atoms with E-state index in [1.54, 1.807) is 0 Å². The van der Waals surface area contributed by atoms with Crippen molar-refractivity contribution in [2.75, 3.05) is 0 Å². The topological polar surface area (TPSA) is 29.1 Å². The number of rotatable bonds is 1. The molecule has 1 saturated carbocycles. The lowest BCUT2D eigenvalue weighted by Crippen LogP contribution is -2.36. The van der Waals surface area contributed by atoms with Gasteiger partial charge in [0.1, 0.15) is 0 Å². The average Bonchev–Trinajstić information content (AvgIpc) is 1.55. The highest BCUT2D eigenvalue weighted by molar-refractivity contribution is 6.62. The van der Waals surface area contributed by atoms with Crippen molar-refractivity contribution in [1.82, 2.24) is 5.32 Å². The summed E-state index contributed by atoms with van der Waals surface area (Å²) in [6.07, 6.45) is 3.42. The summed E-state index contributed by atoms with van der Waals surface area (Å²) in [6.45, 7) is 0. The fourth-order valence-electron chi connectivity index (χ4n) is 0.713. The molecule has 1 N–H and O–H groups in total. The number of carbonyl (C=O) groups is 1. The van der Waals surface area contributed by atoms with Crippen molar-refractivity contribution in [1.29, 1.82) is 0 Å². The lowest BCUT2D eigenvalue weighted by Gasteiger charge is -2.24. The van der Waals surface area contributed by atoms with Crippen LogP contribution in [0.1, 0.15) is 19.3 Å². The first-order chi connectivity index (χ1) is 3.79. The van der Waals surface area contributed by atoms with E-state index in [0.29, 0.717) is 6.04 Å². The van der Waals surface area contributed by atoms with Gasteiger partial charge < -0.3 is 5.32 Å². The Balaban J connectivity index is 2.09. The molecule has 1 amide bonds. The van der Waals surface area contributed by atoms with Gasteiger partial charge >= 0.3 is 5.37 Å². The van der Waals surface area contributed by atoms with E-state index in [1.807, 2.05) is 0 Å². The van der Waals surface area contributed by atoms with Gasteiger partial charge in [-0.1, -0.05) is 0 Å². The molecule has 0 heterocycles. The highest BCUT2D eigenvalue weighted by Gasteiger charge is 2.17.